The number of aliphatic carboxylic acids is 4. The molecule has 0 saturated heterocycles. The number of rotatable bonds is 26. The number of amides is 7. The van der Waals surface area contributed by atoms with Crippen LogP contribution in [0, 0.1) is 0 Å². The lowest BCUT2D eigenvalue weighted by atomic mass is 10.0. The third-order valence-electron chi connectivity index (χ3n) is 9.13. The smallest absolute Gasteiger partial charge is 0.326 e. The van der Waals surface area contributed by atoms with Gasteiger partial charge in [-0.1, -0.05) is 48.5 Å². The molecule has 0 spiro atoms. The molecule has 338 valence electrons. The Hall–Kier alpha value is -7.89. The molecule has 24 nitrogen and oxygen atoms in total. The second kappa shape index (κ2) is 23.8. The highest BCUT2D eigenvalue weighted by Gasteiger charge is 2.34. The number of aromatic nitrogens is 1. The maximum Gasteiger partial charge on any atom is 0.326 e. The van der Waals surface area contributed by atoms with Crippen molar-refractivity contribution in [3.63, 3.8) is 0 Å². The van der Waals surface area contributed by atoms with E-state index >= 15 is 0 Å². The number of H-pyrrole nitrogens is 1. The van der Waals surface area contributed by atoms with Crippen molar-refractivity contribution < 1.29 is 73.2 Å². The number of carbonyl (C=O) groups excluding carboxylic acids is 7. The van der Waals surface area contributed by atoms with Crippen molar-refractivity contribution in [2.75, 3.05) is 6.54 Å². The van der Waals surface area contributed by atoms with Crippen LogP contribution in [0.1, 0.15) is 43.2 Å². The molecule has 15 N–H and O–H groups in total. The summed E-state index contributed by atoms with van der Waals surface area (Å²) in [6, 6.07) is 5.01. The van der Waals surface area contributed by atoms with Crippen molar-refractivity contribution in [3.05, 3.63) is 71.9 Å². The number of carboxylic acids is 4. The number of para-hydroxylation sites is 1. The molecule has 0 aliphatic heterocycles. The van der Waals surface area contributed by atoms with Gasteiger partial charge in [-0.25, -0.2) is 4.79 Å². The van der Waals surface area contributed by atoms with Crippen LogP contribution >= 0.6 is 0 Å². The molecule has 1 heterocycles. The third kappa shape index (κ3) is 16.6. The zero-order valence-electron chi connectivity index (χ0n) is 33.3. The lowest BCUT2D eigenvalue weighted by Gasteiger charge is -2.26. The summed E-state index contributed by atoms with van der Waals surface area (Å²) in [5, 5.41) is 51.3. The summed E-state index contributed by atoms with van der Waals surface area (Å²) in [7, 11) is 0. The predicted octanol–water partition coefficient (Wildman–Crippen LogP) is -3.41. The van der Waals surface area contributed by atoms with E-state index in [4.69, 9.17) is 21.7 Å². The average molecular weight is 882 g/mol. The van der Waals surface area contributed by atoms with Gasteiger partial charge in [-0.3, -0.25) is 47.9 Å². The van der Waals surface area contributed by atoms with E-state index in [0.29, 0.717) is 22.0 Å². The van der Waals surface area contributed by atoms with Crippen LogP contribution in [0.3, 0.4) is 0 Å². The molecular weight excluding hydrogens is 834 g/mol. The maximum absolute atomic E-state index is 14.2. The maximum atomic E-state index is 14.2. The number of benzene rings is 2. The van der Waals surface area contributed by atoms with E-state index in [1.165, 1.54) is 6.20 Å². The second-order valence-electron chi connectivity index (χ2n) is 14.1. The van der Waals surface area contributed by atoms with Gasteiger partial charge in [0.05, 0.1) is 31.8 Å². The Morgan fingerprint density at radius 3 is 1.71 bits per heavy atom. The van der Waals surface area contributed by atoms with E-state index in [2.05, 4.69) is 36.9 Å². The van der Waals surface area contributed by atoms with E-state index in [9.17, 15) is 63.0 Å². The molecule has 3 rings (SSSR count). The lowest BCUT2D eigenvalue weighted by Crippen LogP contribution is -2.59. The zero-order chi connectivity index (χ0) is 46.8. The van der Waals surface area contributed by atoms with Gasteiger partial charge in [0.1, 0.15) is 30.2 Å². The fourth-order valence-electron chi connectivity index (χ4n) is 6.02. The molecule has 6 atom stereocenters. The Bertz CT molecular complexity index is 2200. The molecule has 0 aliphatic carbocycles. The minimum Gasteiger partial charge on any atom is -0.481 e. The Kier molecular flexibility index (Phi) is 18.7. The zero-order valence-corrected chi connectivity index (χ0v) is 33.3. The van der Waals surface area contributed by atoms with Crippen molar-refractivity contribution in [2.24, 2.45) is 11.5 Å². The molecule has 7 amide bonds. The van der Waals surface area contributed by atoms with Gasteiger partial charge in [0.2, 0.25) is 41.4 Å². The Morgan fingerprint density at radius 2 is 1.13 bits per heavy atom. The second-order valence-corrected chi connectivity index (χ2v) is 14.1. The van der Waals surface area contributed by atoms with Gasteiger partial charge < -0.3 is 68.8 Å². The largest absolute Gasteiger partial charge is 0.481 e. The molecular formula is C39H47N9O15. The molecule has 2 aromatic carbocycles. The molecule has 0 radical (unpaired) electrons. The molecule has 63 heavy (non-hydrogen) atoms. The number of carbonyl (C=O) groups is 11. The van der Waals surface area contributed by atoms with E-state index < -0.39 is 140 Å². The third-order valence-corrected chi connectivity index (χ3v) is 9.13. The molecule has 0 saturated carbocycles. The summed E-state index contributed by atoms with van der Waals surface area (Å²) in [6.07, 6.45) is -2.79. The highest BCUT2D eigenvalue weighted by Crippen LogP contribution is 2.20. The highest BCUT2D eigenvalue weighted by atomic mass is 16.4. The van der Waals surface area contributed by atoms with Crippen LogP contribution < -0.4 is 43.4 Å². The van der Waals surface area contributed by atoms with Gasteiger partial charge >= 0.3 is 23.9 Å². The normalized spacial score (nSPS) is 13.7. The van der Waals surface area contributed by atoms with Gasteiger partial charge in [0.25, 0.3) is 0 Å². The number of nitrogens with one attached hydrogen (secondary N) is 7. The van der Waals surface area contributed by atoms with E-state index in [1.807, 2.05) is 0 Å². The Balaban J connectivity index is 1.88. The van der Waals surface area contributed by atoms with Crippen molar-refractivity contribution >= 4 is 76.1 Å². The van der Waals surface area contributed by atoms with Gasteiger partial charge in [-0.2, -0.15) is 0 Å². The summed E-state index contributed by atoms with van der Waals surface area (Å²) in [5.74, 6) is -13.7. The minimum atomic E-state index is -1.91. The van der Waals surface area contributed by atoms with Crippen molar-refractivity contribution in [3.8, 4) is 0 Å². The number of carboxylic acid groups (broad SMARTS) is 4. The van der Waals surface area contributed by atoms with Crippen LogP contribution in [0.5, 0.6) is 0 Å². The molecule has 1 aromatic heterocycles. The van der Waals surface area contributed by atoms with E-state index in [0.717, 1.165) is 0 Å². The topological polar surface area (TPSA) is 409 Å². The highest BCUT2D eigenvalue weighted by molar-refractivity contribution is 5.98. The lowest BCUT2D eigenvalue weighted by molar-refractivity contribution is -0.143. The summed E-state index contributed by atoms with van der Waals surface area (Å²) in [4.78, 5) is 140. The summed E-state index contributed by atoms with van der Waals surface area (Å²) in [5.41, 5.74) is 12.3. The minimum absolute atomic E-state index is 0.214. The molecule has 6 unspecified atom stereocenters. The number of nitrogens with two attached hydrogens (primary N) is 2. The quantitative estimate of drug-likeness (QED) is 0.0374. The first-order valence-corrected chi connectivity index (χ1v) is 19.0. The van der Waals surface area contributed by atoms with Crippen molar-refractivity contribution in [1.82, 2.24) is 36.9 Å². The molecule has 0 fully saturated rings. The Labute approximate surface area is 356 Å². The predicted molar refractivity (Wildman–Crippen MR) is 216 cm³/mol. The monoisotopic (exact) mass is 881 g/mol. The fourth-order valence-corrected chi connectivity index (χ4v) is 6.02. The summed E-state index contributed by atoms with van der Waals surface area (Å²) < 4.78 is 0. The standard InChI is InChI=1S/C39H47N9O15/c40-22(14-32(53)54)34(57)45-24(10-11-31(51)52)35(58)43-18-30(50)44-27(16-33(55)56)38(61)47-26(13-20-17-42-23-9-5-4-8-21(20)23)37(60)46-25(12-19-6-2-1-3-7-19)36(59)48-28(39(62)63)15-29(41)49/h1-9,17,22,24-28,42H,10-16,18,40H2,(H2,41,49)(H,43,58)(H,44,50)(H,45,57)(H,46,60)(H,47,61)(H,48,59)(H,51,52)(H,53,54)(H,55,56)(H,62,63). The molecule has 3 aromatic rings. The van der Waals surface area contributed by atoms with Crippen LogP contribution in [-0.4, -0.2) is 133 Å². The SMILES string of the molecule is NC(=O)CC(NC(=O)C(Cc1ccccc1)NC(=O)C(Cc1c[nH]c2ccccc12)NC(=O)C(CC(=O)O)NC(=O)CNC(=O)C(CCC(=O)O)NC(=O)C(N)CC(=O)O)C(=O)O. The first-order valence-electron chi connectivity index (χ1n) is 19.0. The first-order chi connectivity index (χ1) is 29.7. The number of hydrogen-bond donors (Lipinski definition) is 13. The van der Waals surface area contributed by atoms with Crippen LogP contribution in [-0.2, 0) is 65.6 Å². The van der Waals surface area contributed by atoms with Crippen LogP contribution in [0.25, 0.3) is 10.9 Å². The first kappa shape index (κ1) is 49.5. The van der Waals surface area contributed by atoms with Crippen LogP contribution in [0.4, 0.5) is 0 Å². The summed E-state index contributed by atoms with van der Waals surface area (Å²) >= 11 is 0. The average Bonchev–Trinajstić information content (AvgIpc) is 3.62. The molecule has 24 heteroatoms. The van der Waals surface area contributed by atoms with Gasteiger partial charge in [0.15, 0.2) is 0 Å². The van der Waals surface area contributed by atoms with Crippen molar-refractivity contribution in [1.29, 1.82) is 0 Å². The summed E-state index contributed by atoms with van der Waals surface area (Å²) in [6.45, 7) is -0.953. The number of aromatic amines is 1. The fraction of sp³-hybridized carbons (Fsp3) is 0.359. The van der Waals surface area contributed by atoms with E-state index in [1.54, 1.807) is 54.6 Å². The number of primary amides is 1. The Morgan fingerprint density at radius 1 is 0.571 bits per heavy atom. The molecule has 0 bridgehead atoms. The van der Waals surface area contributed by atoms with Gasteiger partial charge in [0, 0.05) is 36.4 Å². The van der Waals surface area contributed by atoms with E-state index in [-0.39, 0.29) is 12.8 Å². The van der Waals surface area contributed by atoms with Crippen LogP contribution in [0.2, 0.25) is 0 Å². The number of fused-ring (bicyclic) bond motifs is 1. The van der Waals surface area contributed by atoms with Crippen LogP contribution in [0.15, 0.2) is 60.8 Å². The number of hydrogen-bond acceptors (Lipinski definition) is 12. The van der Waals surface area contributed by atoms with Gasteiger partial charge in [-0.05, 0) is 23.6 Å². The van der Waals surface area contributed by atoms with Crippen molar-refractivity contribution in [2.45, 2.75) is 81.2 Å². The molecule has 0 aliphatic rings. The van der Waals surface area contributed by atoms with Gasteiger partial charge in [-0.15, -0.1) is 0 Å².